The number of benzene rings is 2. The van der Waals surface area contributed by atoms with Crippen molar-refractivity contribution in [3.8, 4) is 11.5 Å². The summed E-state index contributed by atoms with van der Waals surface area (Å²) in [6.07, 6.45) is 1.95. The van der Waals surface area contributed by atoms with Crippen LogP contribution in [0.3, 0.4) is 0 Å². The van der Waals surface area contributed by atoms with Crippen LogP contribution in [0.2, 0.25) is 0 Å². The number of nitrogens with zero attached hydrogens (tertiary/aromatic N) is 2. The number of aromatic nitrogens is 1. The molecule has 0 amide bonds. The summed E-state index contributed by atoms with van der Waals surface area (Å²) in [5.41, 5.74) is 4.16. The van der Waals surface area contributed by atoms with Crippen molar-refractivity contribution in [3.05, 3.63) is 63.7 Å². The van der Waals surface area contributed by atoms with Crippen LogP contribution in [-0.4, -0.2) is 39.5 Å². The highest BCUT2D eigenvalue weighted by Gasteiger charge is 2.32. The summed E-state index contributed by atoms with van der Waals surface area (Å²) in [6.45, 7) is 2.78. The fourth-order valence-electron chi connectivity index (χ4n) is 4.10. The zero-order valence-electron chi connectivity index (χ0n) is 19.8. The number of halogens is 1. The van der Waals surface area contributed by atoms with E-state index in [-0.39, 0.29) is 17.5 Å². The van der Waals surface area contributed by atoms with E-state index in [4.69, 9.17) is 9.47 Å². The molecule has 0 bridgehead atoms. The summed E-state index contributed by atoms with van der Waals surface area (Å²) in [5.74, 6) is 0.770. The predicted octanol–water partition coefficient (Wildman–Crippen LogP) is 4.89. The molecule has 1 aliphatic carbocycles. The molecule has 35 heavy (non-hydrogen) atoms. The normalized spacial score (nSPS) is 13.8. The van der Waals surface area contributed by atoms with Gasteiger partial charge in [0.15, 0.2) is 6.29 Å². The lowest BCUT2D eigenvalue weighted by atomic mass is 10.1. The zero-order valence-corrected chi connectivity index (χ0v) is 21.4. The fraction of sp³-hybridized carbons (Fsp3) is 0.360. The van der Waals surface area contributed by atoms with Crippen molar-refractivity contribution >= 4 is 33.3 Å². The summed E-state index contributed by atoms with van der Waals surface area (Å²) < 4.78 is 53.8. The molecule has 4 rings (SSSR count). The van der Waals surface area contributed by atoms with Crippen molar-refractivity contribution in [2.24, 2.45) is 0 Å². The van der Waals surface area contributed by atoms with Crippen molar-refractivity contribution in [2.45, 2.75) is 50.2 Å². The first-order chi connectivity index (χ1) is 16.7. The van der Waals surface area contributed by atoms with Gasteiger partial charge in [-0.15, -0.1) is 11.3 Å². The first-order valence-electron chi connectivity index (χ1n) is 11.2. The van der Waals surface area contributed by atoms with Crippen molar-refractivity contribution in [1.82, 2.24) is 4.98 Å². The van der Waals surface area contributed by atoms with Gasteiger partial charge in [0, 0.05) is 11.1 Å². The topological polar surface area (TPSA) is 85.8 Å². The number of methoxy groups -OCH3 is 1. The smallest absolute Gasteiger partial charge is 0.291 e. The number of hydrogen-bond acceptors (Lipinski definition) is 7. The van der Waals surface area contributed by atoms with Crippen LogP contribution in [-0.2, 0) is 29.5 Å². The summed E-state index contributed by atoms with van der Waals surface area (Å²) >= 11 is 1.01. The number of carbonyl (C=O) groups excluding carboxylic acids is 1. The van der Waals surface area contributed by atoms with E-state index >= 15 is 0 Å². The molecule has 10 heteroatoms. The largest absolute Gasteiger partial charge is 0.496 e. The number of rotatable bonds is 10. The molecule has 0 N–H and O–H groups in total. The number of hydrogen-bond donors (Lipinski definition) is 0. The second-order valence-corrected chi connectivity index (χ2v) is 11.4. The summed E-state index contributed by atoms with van der Waals surface area (Å²) in [4.78, 5) is 15.3. The van der Waals surface area contributed by atoms with E-state index in [1.165, 1.54) is 14.0 Å². The minimum absolute atomic E-state index is 0.0868. The van der Waals surface area contributed by atoms with Crippen molar-refractivity contribution in [3.63, 3.8) is 0 Å². The molecule has 1 heterocycles. The van der Waals surface area contributed by atoms with Crippen molar-refractivity contribution < 1.29 is 27.1 Å². The maximum atomic E-state index is 14.3. The van der Waals surface area contributed by atoms with E-state index in [1.807, 2.05) is 6.07 Å². The van der Waals surface area contributed by atoms with Crippen LogP contribution in [0.15, 0.2) is 40.1 Å². The van der Waals surface area contributed by atoms with Gasteiger partial charge in [0.05, 0.1) is 24.9 Å². The maximum absolute atomic E-state index is 14.3. The third-order valence-electron chi connectivity index (χ3n) is 5.79. The van der Waals surface area contributed by atoms with Gasteiger partial charge in [-0.05, 0) is 74.1 Å². The summed E-state index contributed by atoms with van der Waals surface area (Å²) in [5, 5.41) is 1.65. The van der Waals surface area contributed by atoms with E-state index in [0.29, 0.717) is 34.7 Å². The Balaban J connectivity index is 1.75. The Labute approximate surface area is 208 Å². The maximum Gasteiger partial charge on any atom is 0.291 e. The summed E-state index contributed by atoms with van der Waals surface area (Å²) in [6, 6.07) is 8.74. The highest BCUT2D eigenvalue weighted by molar-refractivity contribution is 7.94. The first-order valence-corrected chi connectivity index (χ1v) is 13.5. The molecule has 1 atom stereocenters. The number of anilines is 1. The monoisotopic (exact) mass is 518 g/mol. The van der Waals surface area contributed by atoms with E-state index in [9.17, 15) is 17.6 Å². The van der Waals surface area contributed by atoms with Crippen LogP contribution in [0.5, 0.6) is 11.5 Å². The Bertz CT molecular complexity index is 1340. The lowest BCUT2D eigenvalue weighted by Crippen LogP contribution is -2.36. The first kappa shape index (κ1) is 25.1. The molecule has 1 unspecified atom stereocenters. The molecule has 3 aromatic rings. The number of thiazole rings is 1. The van der Waals surface area contributed by atoms with E-state index < -0.39 is 16.2 Å². The number of sulfonamides is 1. The van der Waals surface area contributed by atoms with Gasteiger partial charge in [-0.3, -0.25) is 9.10 Å². The fourth-order valence-corrected chi connectivity index (χ4v) is 6.77. The van der Waals surface area contributed by atoms with Crippen LogP contribution in [0, 0.1) is 6.92 Å². The molecule has 0 spiro atoms. The second-order valence-electron chi connectivity index (χ2n) is 8.50. The number of aryl methyl sites for hydroxylation is 3. The molecule has 0 aliphatic heterocycles. The van der Waals surface area contributed by atoms with Gasteiger partial charge < -0.3 is 9.47 Å². The Morgan fingerprint density at radius 2 is 1.94 bits per heavy atom. The Kier molecular flexibility index (Phi) is 7.42. The van der Waals surface area contributed by atoms with Crippen LogP contribution < -0.4 is 13.8 Å². The lowest BCUT2D eigenvalue weighted by molar-refractivity contribution is 0.112. The van der Waals surface area contributed by atoms with Gasteiger partial charge in [-0.1, -0.05) is 6.07 Å². The highest BCUT2D eigenvalue weighted by Crippen LogP contribution is 2.39. The Morgan fingerprint density at radius 1 is 1.20 bits per heavy atom. The zero-order chi connectivity index (χ0) is 25.2. The van der Waals surface area contributed by atoms with Crippen molar-refractivity contribution in [1.29, 1.82) is 0 Å². The Hall–Kier alpha value is -2.98. The number of carbonyl (C=O) groups is 1. The number of fused-ring (bicyclic) bond motifs is 1. The molecule has 1 aromatic heterocycles. The van der Waals surface area contributed by atoms with Crippen LogP contribution in [0.1, 0.15) is 46.1 Å². The predicted molar refractivity (Wildman–Crippen MR) is 133 cm³/mol. The summed E-state index contributed by atoms with van der Waals surface area (Å²) in [7, 11) is -2.63. The van der Waals surface area contributed by atoms with E-state index in [1.54, 1.807) is 36.6 Å². The quantitative estimate of drug-likeness (QED) is 0.355. The molecule has 186 valence electrons. The molecule has 0 radical (unpaired) electrons. The average Bonchev–Trinajstić information content (AvgIpc) is 3.48. The molecule has 2 aromatic carbocycles. The van der Waals surface area contributed by atoms with Crippen LogP contribution in [0.25, 0.3) is 0 Å². The van der Waals surface area contributed by atoms with E-state index in [0.717, 1.165) is 51.6 Å². The number of aldehydes is 1. The van der Waals surface area contributed by atoms with E-state index in [2.05, 4.69) is 4.98 Å². The number of ether oxygens (including phenoxy) is 2. The minimum atomic E-state index is -4.11. The Morgan fingerprint density at radius 3 is 2.57 bits per heavy atom. The highest BCUT2D eigenvalue weighted by atomic mass is 32.2. The average molecular weight is 519 g/mol. The molecular formula is C25H27FN2O5S2. The molecular weight excluding hydrogens is 491 g/mol. The van der Waals surface area contributed by atoms with Crippen LogP contribution >= 0.6 is 11.3 Å². The second kappa shape index (κ2) is 10.3. The van der Waals surface area contributed by atoms with Gasteiger partial charge in [-0.2, -0.15) is 8.42 Å². The van der Waals surface area contributed by atoms with Crippen LogP contribution in [0.4, 0.5) is 10.1 Å². The molecule has 7 nitrogen and oxygen atoms in total. The lowest BCUT2D eigenvalue weighted by Gasteiger charge is -2.27. The third kappa shape index (κ3) is 5.33. The number of alkyl halides is 1. The van der Waals surface area contributed by atoms with Gasteiger partial charge in [0.2, 0.25) is 4.34 Å². The molecule has 0 fully saturated rings. The minimum Gasteiger partial charge on any atom is -0.496 e. The molecule has 0 saturated carbocycles. The molecule has 1 aliphatic rings. The van der Waals surface area contributed by atoms with Gasteiger partial charge in [0.25, 0.3) is 10.0 Å². The van der Waals surface area contributed by atoms with Gasteiger partial charge in [-0.25, -0.2) is 9.37 Å². The van der Waals surface area contributed by atoms with Gasteiger partial charge in [0.1, 0.15) is 24.3 Å². The van der Waals surface area contributed by atoms with Gasteiger partial charge >= 0.3 is 0 Å². The third-order valence-corrected chi connectivity index (χ3v) is 8.92. The molecule has 0 saturated heterocycles. The van der Waals surface area contributed by atoms with Crippen molar-refractivity contribution in [2.75, 3.05) is 18.0 Å². The standard InChI is InChI=1S/C25H27FN2O5S2/c1-16(26)12-28(35(30,31)25-27-17(2)15-34-25)22-10-19-5-4-6-20(19)11-24(22)33-14-18-7-8-21(13-29)23(9-18)32-3/h7-11,13,15-16H,4-6,12,14H2,1-3H3. The SMILES string of the molecule is COc1cc(COc2cc3c(cc2N(CC(C)F)S(=O)(=O)c2nc(C)cs2)CCC3)ccc1C=O.